The van der Waals surface area contributed by atoms with E-state index in [1.807, 2.05) is 6.07 Å². The zero-order valence-corrected chi connectivity index (χ0v) is 14.3. The molecule has 3 rings (SSSR count). The average molecular weight is 347 g/mol. The van der Waals surface area contributed by atoms with Crippen molar-refractivity contribution in [3.05, 3.63) is 59.2 Å². The van der Waals surface area contributed by atoms with E-state index in [4.69, 9.17) is 10.00 Å². The van der Waals surface area contributed by atoms with Gasteiger partial charge in [-0.1, -0.05) is 18.2 Å². The van der Waals surface area contributed by atoms with Crippen LogP contribution in [-0.4, -0.2) is 29.8 Å². The molecule has 1 atom stereocenters. The van der Waals surface area contributed by atoms with Crippen molar-refractivity contribution >= 4 is 11.6 Å². The highest BCUT2D eigenvalue weighted by Gasteiger charge is 2.39. The normalized spacial score (nSPS) is 14.7. The fraction of sp³-hybridized carbons (Fsp3) is 0.250. The van der Waals surface area contributed by atoms with Gasteiger partial charge < -0.3 is 14.7 Å². The third-order valence-electron chi connectivity index (χ3n) is 4.37. The lowest BCUT2D eigenvalue weighted by atomic mass is 10.0. The Labute approximate surface area is 151 Å². The van der Waals surface area contributed by atoms with Crippen molar-refractivity contribution in [3.8, 4) is 17.9 Å². The van der Waals surface area contributed by atoms with Crippen molar-refractivity contribution in [2.75, 3.05) is 18.1 Å². The molecule has 130 valence electrons. The summed E-state index contributed by atoms with van der Waals surface area (Å²) in [5.74, 6) is -0.183. The van der Waals surface area contributed by atoms with Gasteiger partial charge in [0.25, 0.3) is 5.91 Å². The van der Waals surface area contributed by atoms with E-state index in [1.54, 1.807) is 42.5 Å². The van der Waals surface area contributed by atoms with E-state index in [9.17, 15) is 15.2 Å². The summed E-state index contributed by atoms with van der Waals surface area (Å²) < 4.78 is 5.53. The lowest BCUT2D eigenvalue weighted by Gasteiger charge is -2.28. The number of nitrogens with zero attached hydrogens (tertiary/aromatic N) is 3. The summed E-state index contributed by atoms with van der Waals surface area (Å²) in [6.07, 6.45) is 0.568. The smallest absolute Gasteiger partial charge is 0.262 e. The summed E-state index contributed by atoms with van der Waals surface area (Å²) in [5.41, 5.74) is 0.562. The van der Waals surface area contributed by atoms with Crippen molar-refractivity contribution in [3.63, 3.8) is 0 Å². The van der Waals surface area contributed by atoms with Gasteiger partial charge in [-0.2, -0.15) is 10.5 Å². The van der Waals surface area contributed by atoms with E-state index in [0.717, 1.165) is 5.56 Å². The molecule has 0 fully saturated rings. The monoisotopic (exact) mass is 347 g/mol. The zero-order valence-electron chi connectivity index (χ0n) is 14.3. The average Bonchev–Trinajstić information content (AvgIpc) is 3.10. The number of nitriles is 2. The molecule has 2 aromatic carbocycles. The number of hydrogen-bond donors (Lipinski definition) is 1. The first-order valence-electron chi connectivity index (χ1n) is 8.16. The van der Waals surface area contributed by atoms with E-state index in [1.165, 1.54) is 11.8 Å². The molecule has 26 heavy (non-hydrogen) atoms. The fourth-order valence-corrected chi connectivity index (χ4v) is 3.01. The third-order valence-corrected chi connectivity index (χ3v) is 4.37. The summed E-state index contributed by atoms with van der Waals surface area (Å²) in [6, 6.07) is 16.0. The maximum atomic E-state index is 12.9. The van der Waals surface area contributed by atoms with Crippen molar-refractivity contribution < 1.29 is 14.6 Å². The quantitative estimate of drug-likeness (QED) is 0.914. The van der Waals surface area contributed by atoms with Crippen LogP contribution in [-0.2, 0) is 11.2 Å². The van der Waals surface area contributed by atoms with Crippen LogP contribution in [0.4, 0.5) is 5.69 Å². The second-order valence-electron chi connectivity index (χ2n) is 6.29. The Balaban J connectivity index is 1.78. The van der Waals surface area contributed by atoms with Gasteiger partial charge in [0.2, 0.25) is 0 Å². The van der Waals surface area contributed by atoms with Crippen LogP contribution < -0.4 is 9.64 Å². The van der Waals surface area contributed by atoms with Gasteiger partial charge in [-0.05, 0) is 43.2 Å². The molecule has 0 spiro atoms. The SMILES string of the molecule is C[C@](O)(COc1ccccc1C#N)C(=O)N1CCc2c(C#N)cccc21. The largest absolute Gasteiger partial charge is 0.489 e. The van der Waals surface area contributed by atoms with Gasteiger partial charge in [0.05, 0.1) is 17.2 Å². The van der Waals surface area contributed by atoms with Gasteiger partial charge in [0.1, 0.15) is 18.4 Å². The maximum Gasteiger partial charge on any atom is 0.262 e. The minimum atomic E-state index is -1.77. The van der Waals surface area contributed by atoms with Crippen LogP contribution in [0.15, 0.2) is 42.5 Å². The van der Waals surface area contributed by atoms with Gasteiger partial charge in [-0.3, -0.25) is 4.79 Å². The Morgan fingerprint density at radius 3 is 2.62 bits per heavy atom. The minimum Gasteiger partial charge on any atom is -0.489 e. The first-order chi connectivity index (χ1) is 12.5. The molecule has 2 aromatic rings. The molecule has 1 heterocycles. The lowest BCUT2D eigenvalue weighted by Crippen LogP contribution is -2.50. The highest BCUT2D eigenvalue weighted by atomic mass is 16.5. The van der Waals surface area contributed by atoms with Gasteiger partial charge in [-0.25, -0.2) is 0 Å². The predicted molar refractivity (Wildman–Crippen MR) is 94.5 cm³/mol. The number of anilines is 1. The van der Waals surface area contributed by atoms with Crippen molar-refractivity contribution in [1.29, 1.82) is 10.5 Å². The number of benzene rings is 2. The second kappa shape index (κ2) is 6.87. The highest BCUT2D eigenvalue weighted by Crippen LogP contribution is 2.32. The van der Waals surface area contributed by atoms with Gasteiger partial charge in [-0.15, -0.1) is 0 Å². The van der Waals surface area contributed by atoms with E-state index in [2.05, 4.69) is 6.07 Å². The van der Waals surface area contributed by atoms with E-state index in [-0.39, 0.29) is 6.61 Å². The lowest BCUT2D eigenvalue weighted by molar-refractivity contribution is -0.137. The van der Waals surface area contributed by atoms with Gasteiger partial charge in [0.15, 0.2) is 5.60 Å². The number of fused-ring (bicyclic) bond motifs is 1. The molecule has 0 saturated heterocycles. The van der Waals surface area contributed by atoms with Crippen LogP contribution >= 0.6 is 0 Å². The van der Waals surface area contributed by atoms with Crippen molar-refractivity contribution in [2.24, 2.45) is 0 Å². The molecule has 0 radical (unpaired) electrons. The molecule has 1 aliphatic heterocycles. The van der Waals surface area contributed by atoms with Crippen LogP contribution in [0.5, 0.6) is 5.75 Å². The number of rotatable bonds is 4. The molecule has 1 N–H and O–H groups in total. The Kier molecular flexibility index (Phi) is 4.62. The minimum absolute atomic E-state index is 0.283. The summed E-state index contributed by atoms with van der Waals surface area (Å²) in [4.78, 5) is 14.3. The summed E-state index contributed by atoms with van der Waals surface area (Å²) in [6.45, 7) is 1.50. The van der Waals surface area contributed by atoms with E-state index < -0.39 is 11.5 Å². The molecular weight excluding hydrogens is 330 g/mol. The molecule has 1 amide bonds. The molecule has 0 bridgehead atoms. The van der Waals surface area contributed by atoms with Crippen LogP contribution in [0.2, 0.25) is 0 Å². The molecule has 0 saturated carbocycles. The first-order valence-corrected chi connectivity index (χ1v) is 8.16. The summed E-state index contributed by atoms with van der Waals surface area (Å²) in [7, 11) is 0. The summed E-state index contributed by atoms with van der Waals surface area (Å²) >= 11 is 0. The third kappa shape index (κ3) is 3.11. The molecule has 0 aromatic heterocycles. The van der Waals surface area contributed by atoms with Crippen LogP contribution in [0.25, 0.3) is 0 Å². The Morgan fingerprint density at radius 2 is 1.88 bits per heavy atom. The number of carbonyl (C=O) groups is 1. The molecular formula is C20H17N3O3. The van der Waals surface area contributed by atoms with Crippen LogP contribution in [0.1, 0.15) is 23.6 Å². The summed E-state index contributed by atoms with van der Waals surface area (Å²) in [5, 5.41) is 28.9. The number of carbonyl (C=O) groups excluding carboxylic acids is 1. The van der Waals surface area contributed by atoms with Crippen LogP contribution in [0, 0.1) is 22.7 Å². The maximum absolute atomic E-state index is 12.9. The molecule has 0 unspecified atom stereocenters. The zero-order chi connectivity index (χ0) is 18.7. The topological polar surface area (TPSA) is 97.3 Å². The molecule has 0 aliphatic carbocycles. The number of amides is 1. The van der Waals surface area contributed by atoms with Crippen molar-refractivity contribution in [2.45, 2.75) is 18.9 Å². The number of para-hydroxylation sites is 1. The predicted octanol–water partition coefficient (Wildman–Crippen LogP) is 2.15. The Hall–Kier alpha value is -3.35. The number of aliphatic hydroxyl groups is 1. The Morgan fingerprint density at radius 1 is 1.19 bits per heavy atom. The second-order valence-corrected chi connectivity index (χ2v) is 6.29. The molecule has 6 nitrogen and oxygen atoms in total. The van der Waals surface area contributed by atoms with Gasteiger partial charge >= 0.3 is 0 Å². The van der Waals surface area contributed by atoms with Crippen LogP contribution in [0.3, 0.4) is 0 Å². The molecule has 6 heteroatoms. The standard InChI is InChI=1S/C20H17N3O3/c1-20(25,13-26-18-8-3-2-5-15(18)12-22)19(24)23-10-9-16-14(11-21)6-4-7-17(16)23/h2-8,25H,9-10,13H2,1H3/t20-/m0/s1. The van der Waals surface area contributed by atoms with Gasteiger partial charge in [0, 0.05) is 12.2 Å². The van der Waals surface area contributed by atoms with Crippen molar-refractivity contribution in [1.82, 2.24) is 0 Å². The fourth-order valence-electron chi connectivity index (χ4n) is 3.01. The number of ether oxygens (including phenoxy) is 1. The molecule has 1 aliphatic rings. The Bertz CT molecular complexity index is 938. The van der Waals surface area contributed by atoms with E-state index in [0.29, 0.717) is 35.5 Å². The van der Waals surface area contributed by atoms with E-state index >= 15 is 0 Å². The first kappa shape index (κ1) is 17.5. The highest BCUT2D eigenvalue weighted by molar-refractivity contribution is 6.01. The number of hydrogen-bond acceptors (Lipinski definition) is 5.